The Morgan fingerprint density at radius 2 is 2.00 bits per heavy atom. The third-order valence-electron chi connectivity index (χ3n) is 4.73. The first-order chi connectivity index (χ1) is 9.35. The number of rotatable bonds is 5. The zero-order chi connectivity index (χ0) is 13.5. The lowest BCUT2D eigenvalue weighted by atomic mass is 9.99. The van der Waals surface area contributed by atoms with Gasteiger partial charge in [-0.1, -0.05) is 33.1 Å². The molecular formula is C16H32N2O. The maximum atomic E-state index is 5.83. The highest BCUT2D eigenvalue weighted by Gasteiger charge is 2.31. The monoisotopic (exact) mass is 268 g/mol. The van der Waals surface area contributed by atoms with E-state index in [-0.39, 0.29) is 0 Å². The van der Waals surface area contributed by atoms with E-state index in [9.17, 15) is 0 Å². The Morgan fingerprint density at radius 1 is 1.16 bits per heavy atom. The minimum absolute atomic E-state index is 0.462. The predicted octanol–water partition coefficient (Wildman–Crippen LogP) is 2.80. The Kier molecular flexibility index (Phi) is 6.62. The Morgan fingerprint density at radius 3 is 2.79 bits per heavy atom. The van der Waals surface area contributed by atoms with Gasteiger partial charge in [-0.25, -0.2) is 0 Å². The minimum Gasteiger partial charge on any atom is -0.376 e. The summed E-state index contributed by atoms with van der Waals surface area (Å²) in [5, 5.41) is 3.81. The summed E-state index contributed by atoms with van der Waals surface area (Å²) >= 11 is 0. The minimum atomic E-state index is 0.462. The van der Waals surface area contributed by atoms with Crippen molar-refractivity contribution in [3.05, 3.63) is 0 Å². The van der Waals surface area contributed by atoms with Crippen molar-refractivity contribution in [2.24, 2.45) is 0 Å². The third-order valence-corrected chi connectivity index (χ3v) is 4.73. The fourth-order valence-corrected chi connectivity index (χ4v) is 3.58. The molecule has 2 fully saturated rings. The van der Waals surface area contributed by atoms with Crippen LogP contribution in [0.25, 0.3) is 0 Å². The fraction of sp³-hybridized carbons (Fsp3) is 1.00. The van der Waals surface area contributed by atoms with E-state index in [4.69, 9.17) is 4.74 Å². The number of nitrogens with one attached hydrogen (secondary N) is 1. The van der Waals surface area contributed by atoms with Crippen molar-refractivity contribution in [3.8, 4) is 0 Å². The second kappa shape index (κ2) is 8.23. The summed E-state index contributed by atoms with van der Waals surface area (Å²) in [7, 11) is 0. The van der Waals surface area contributed by atoms with Gasteiger partial charge in [-0.2, -0.15) is 0 Å². The average molecular weight is 268 g/mol. The maximum absolute atomic E-state index is 5.83. The van der Waals surface area contributed by atoms with E-state index in [0.29, 0.717) is 12.1 Å². The highest BCUT2D eigenvalue weighted by atomic mass is 16.5. The molecule has 1 aliphatic carbocycles. The molecule has 112 valence electrons. The summed E-state index contributed by atoms with van der Waals surface area (Å²) in [4.78, 5) is 2.72. The molecule has 19 heavy (non-hydrogen) atoms. The lowest BCUT2D eigenvalue weighted by Gasteiger charge is -2.41. The molecule has 0 aromatic heterocycles. The van der Waals surface area contributed by atoms with E-state index < -0.39 is 0 Å². The molecule has 1 saturated heterocycles. The molecule has 2 rings (SSSR count). The summed E-state index contributed by atoms with van der Waals surface area (Å²) in [6.45, 7) is 8.88. The molecular weight excluding hydrogens is 236 g/mol. The van der Waals surface area contributed by atoms with Gasteiger partial charge in [0.05, 0.1) is 12.7 Å². The van der Waals surface area contributed by atoms with Crippen LogP contribution in [0.1, 0.15) is 58.8 Å². The largest absolute Gasteiger partial charge is 0.376 e. The van der Waals surface area contributed by atoms with E-state index in [2.05, 4.69) is 24.1 Å². The summed E-state index contributed by atoms with van der Waals surface area (Å²) in [5.74, 6) is 0. The molecule has 0 aromatic carbocycles. The number of morpholine rings is 1. The zero-order valence-corrected chi connectivity index (χ0v) is 12.9. The van der Waals surface area contributed by atoms with Crippen LogP contribution in [0.15, 0.2) is 0 Å². The molecule has 3 atom stereocenters. The molecule has 0 bridgehead atoms. The number of hydrogen-bond donors (Lipinski definition) is 1. The molecule has 3 unspecified atom stereocenters. The van der Waals surface area contributed by atoms with Gasteiger partial charge in [-0.05, 0) is 32.2 Å². The van der Waals surface area contributed by atoms with Crippen molar-refractivity contribution in [1.29, 1.82) is 0 Å². The number of hydrogen-bond acceptors (Lipinski definition) is 3. The van der Waals surface area contributed by atoms with Gasteiger partial charge in [0.2, 0.25) is 0 Å². The molecule has 1 N–H and O–H groups in total. The zero-order valence-electron chi connectivity index (χ0n) is 12.9. The first-order valence-corrected chi connectivity index (χ1v) is 8.44. The Bertz CT molecular complexity index is 247. The van der Waals surface area contributed by atoms with Crippen LogP contribution in [0.2, 0.25) is 0 Å². The van der Waals surface area contributed by atoms with Gasteiger partial charge < -0.3 is 10.1 Å². The van der Waals surface area contributed by atoms with E-state index in [0.717, 1.165) is 32.2 Å². The molecule has 1 aliphatic heterocycles. The van der Waals surface area contributed by atoms with E-state index in [1.165, 1.54) is 45.1 Å². The van der Waals surface area contributed by atoms with Crippen molar-refractivity contribution in [2.75, 3.05) is 26.2 Å². The van der Waals surface area contributed by atoms with Gasteiger partial charge in [0.15, 0.2) is 0 Å². The number of ether oxygens (including phenoxy) is 1. The quantitative estimate of drug-likeness (QED) is 0.776. The van der Waals surface area contributed by atoms with Gasteiger partial charge in [0.1, 0.15) is 0 Å². The molecule has 0 radical (unpaired) electrons. The lowest BCUT2D eigenvalue weighted by Crippen LogP contribution is -2.55. The normalized spacial score (nSPS) is 34.1. The molecule has 2 aliphatic rings. The van der Waals surface area contributed by atoms with Gasteiger partial charge in [-0.15, -0.1) is 0 Å². The van der Waals surface area contributed by atoms with Crippen molar-refractivity contribution in [3.63, 3.8) is 0 Å². The summed E-state index contributed by atoms with van der Waals surface area (Å²) in [6, 6.07) is 1.45. The van der Waals surface area contributed by atoms with Crippen LogP contribution in [0, 0.1) is 0 Å². The topological polar surface area (TPSA) is 24.5 Å². The lowest BCUT2D eigenvalue weighted by molar-refractivity contribution is -0.0505. The molecule has 0 aromatic rings. The second-order valence-electron chi connectivity index (χ2n) is 6.16. The standard InChI is InChI=1S/C16H32N2O/c1-3-10-17-15-8-6-5-7-9-16(15)18-11-12-19-14(4-2)13-18/h14-17H,3-13H2,1-2H3. The molecule has 0 spiro atoms. The highest BCUT2D eigenvalue weighted by molar-refractivity contribution is 4.89. The van der Waals surface area contributed by atoms with Gasteiger partial charge in [-0.3, -0.25) is 4.90 Å². The Labute approximate surface area is 119 Å². The van der Waals surface area contributed by atoms with Crippen LogP contribution in [0.3, 0.4) is 0 Å². The van der Waals surface area contributed by atoms with E-state index in [1.54, 1.807) is 0 Å². The second-order valence-corrected chi connectivity index (χ2v) is 6.16. The van der Waals surface area contributed by atoms with Crippen LogP contribution in [0.5, 0.6) is 0 Å². The third kappa shape index (κ3) is 4.44. The molecule has 0 amide bonds. The molecule has 3 nitrogen and oxygen atoms in total. The van der Waals surface area contributed by atoms with Crippen molar-refractivity contribution in [1.82, 2.24) is 10.2 Å². The van der Waals surface area contributed by atoms with Crippen LogP contribution in [-0.2, 0) is 4.74 Å². The average Bonchev–Trinajstić information content (AvgIpc) is 2.70. The van der Waals surface area contributed by atoms with Gasteiger partial charge in [0.25, 0.3) is 0 Å². The van der Waals surface area contributed by atoms with Crippen molar-refractivity contribution < 1.29 is 4.74 Å². The van der Waals surface area contributed by atoms with Crippen molar-refractivity contribution in [2.45, 2.75) is 77.0 Å². The Balaban J connectivity index is 1.95. The van der Waals surface area contributed by atoms with Gasteiger partial charge >= 0.3 is 0 Å². The van der Waals surface area contributed by atoms with Crippen LogP contribution >= 0.6 is 0 Å². The summed E-state index contributed by atoms with van der Waals surface area (Å²) < 4.78 is 5.83. The molecule has 1 heterocycles. The Hall–Kier alpha value is -0.120. The first kappa shape index (κ1) is 15.3. The fourth-order valence-electron chi connectivity index (χ4n) is 3.58. The predicted molar refractivity (Wildman–Crippen MR) is 80.6 cm³/mol. The highest BCUT2D eigenvalue weighted by Crippen LogP contribution is 2.24. The summed E-state index contributed by atoms with van der Waals surface area (Å²) in [5.41, 5.74) is 0. The maximum Gasteiger partial charge on any atom is 0.0700 e. The van der Waals surface area contributed by atoms with Gasteiger partial charge in [0, 0.05) is 25.2 Å². The first-order valence-electron chi connectivity index (χ1n) is 8.44. The van der Waals surface area contributed by atoms with E-state index in [1.807, 2.05) is 0 Å². The molecule has 3 heteroatoms. The molecule has 1 saturated carbocycles. The van der Waals surface area contributed by atoms with Crippen LogP contribution in [-0.4, -0.2) is 49.3 Å². The van der Waals surface area contributed by atoms with E-state index >= 15 is 0 Å². The van der Waals surface area contributed by atoms with Crippen molar-refractivity contribution >= 4 is 0 Å². The smallest absolute Gasteiger partial charge is 0.0700 e. The SMILES string of the molecule is CCCNC1CCCCCC1N1CCOC(CC)C1. The number of nitrogens with zero attached hydrogens (tertiary/aromatic N) is 1. The van der Waals surface area contributed by atoms with Crippen LogP contribution < -0.4 is 5.32 Å². The summed E-state index contributed by atoms with van der Waals surface area (Å²) in [6.07, 6.45) is 9.81. The van der Waals surface area contributed by atoms with Crippen LogP contribution in [0.4, 0.5) is 0 Å².